The Balaban J connectivity index is 1.86. The molecule has 1 atom stereocenters. The summed E-state index contributed by atoms with van der Waals surface area (Å²) in [7, 11) is 0. The molecule has 5 nitrogen and oxygen atoms in total. The van der Waals surface area contributed by atoms with Crippen LogP contribution in [0.5, 0.6) is 0 Å². The highest BCUT2D eigenvalue weighted by Crippen LogP contribution is 2.35. The molecule has 1 aliphatic heterocycles. The maximum Gasteiger partial charge on any atom is 0.326 e. The van der Waals surface area contributed by atoms with E-state index in [1.54, 1.807) is 6.08 Å². The number of imide groups is 1. The molecule has 2 aromatic rings. The van der Waals surface area contributed by atoms with Crippen molar-refractivity contribution in [2.24, 2.45) is 5.92 Å². The van der Waals surface area contributed by atoms with Crippen molar-refractivity contribution in [2.45, 2.75) is 32.4 Å². The predicted molar refractivity (Wildman–Crippen MR) is 118 cm³/mol. The lowest BCUT2D eigenvalue weighted by atomic mass is 9.82. The molecule has 154 valence electrons. The number of amides is 3. The molecular formula is C22H26ClN3O2S. The molecule has 0 saturated carbocycles. The van der Waals surface area contributed by atoms with Crippen molar-refractivity contribution in [2.75, 3.05) is 13.2 Å². The number of nitrogens with zero attached hydrogens (tertiary/aromatic N) is 2. The first-order valence-corrected chi connectivity index (χ1v) is 10.8. The number of benzene rings is 1. The fourth-order valence-corrected chi connectivity index (χ4v) is 4.88. The van der Waals surface area contributed by atoms with E-state index in [1.165, 1.54) is 16.2 Å². The van der Waals surface area contributed by atoms with E-state index in [0.29, 0.717) is 23.8 Å². The molecule has 3 amide bonds. The van der Waals surface area contributed by atoms with Gasteiger partial charge in [-0.1, -0.05) is 61.9 Å². The van der Waals surface area contributed by atoms with Crippen molar-refractivity contribution in [3.05, 3.63) is 69.9 Å². The van der Waals surface area contributed by atoms with Crippen molar-refractivity contribution in [1.29, 1.82) is 0 Å². The van der Waals surface area contributed by atoms with Gasteiger partial charge in [0.25, 0.3) is 5.91 Å². The molecule has 0 bridgehead atoms. The third-order valence-electron chi connectivity index (χ3n) is 4.89. The molecular weight excluding hydrogens is 406 g/mol. The lowest BCUT2D eigenvalue weighted by Crippen LogP contribution is -2.46. The first-order valence-electron chi connectivity index (χ1n) is 9.63. The van der Waals surface area contributed by atoms with Gasteiger partial charge in [-0.05, 0) is 30.0 Å². The van der Waals surface area contributed by atoms with Gasteiger partial charge in [-0.25, -0.2) is 9.69 Å². The number of halogens is 1. The largest absolute Gasteiger partial charge is 0.326 e. The summed E-state index contributed by atoms with van der Waals surface area (Å²) in [6.45, 7) is 9.24. The monoisotopic (exact) mass is 431 g/mol. The van der Waals surface area contributed by atoms with Crippen LogP contribution in [0, 0.1) is 5.92 Å². The van der Waals surface area contributed by atoms with Gasteiger partial charge in [0.2, 0.25) is 0 Å². The van der Waals surface area contributed by atoms with Gasteiger partial charge < -0.3 is 5.32 Å². The van der Waals surface area contributed by atoms with E-state index >= 15 is 0 Å². The Bertz CT molecular complexity index is 883. The molecule has 0 radical (unpaired) electrons. The van der Waals surface area contributed by atoms with E-state index in [0.717, 1.165) is 10.4 Å². The normalized spacial score (nSPS) is 19.3. The van der Waals surface area contributed by atoms with Crippen LogP contribution in [-0.2, 0) is 16.9 Å². The van der Waals surface area contributed by atoms with Crippen LogP contribution in [0.25, 0.3) is 0 Å². The van der Waals surface area contributed by atoms with E-state index < -0.39 is 5.54 Å². The molecule has 7 heteroatoms. The van der Waals surface area contributed by atoms with Gasteiger partial charge in [-0.2, -0.15) is 0 Å². The lowest BCUT2D eigenvalue weighted by molar-refractivity contribution is -0.133. The highest BCUT2D eigenvalue weighted by atomic mass is 35.5. The molecule has 1 aliphatic rings. The SMILES string of the molecule is C=CCN(Cc1ccc(Cl)s1)CN1C(=O)NC(CC(C)C)(c2ccccc2)C1=O. The van der Waals surface area contributed by atoms with Gasteiger partial charge in [0, 0.05) is 18.0 Å². The number of carbonyl (C=O) groups excluding carboxylic acids is 2. The first-order chi connectivity index (χ1) is 13.9. The molecule has 2 heterocycles. The fourth-order valence-electron chi connectivity index (χ4n) is 3.75. The maximum absolute atomic E-state index is 13.5. The summed E-state index contributed by atoms with van der Waals surface area (Å²) >= 11 is 7.53. The highest BCUT2D eigenvalue weighted by Gasteiger charge is 2.52. The van der Waals surface area contributed by atoms with Crippen LogP contribution in [0.4, 0.5) is 4.79 Å². The highest BCUT2D eigenvalue weighted by molar-refractivity contribution is 7.16. The van der Waals surface area contributed by atoms with Crippen LogP contribution < -0.4 is 5.32 Å². The number of hydrogen-bond acceptors (Lipinski definition) is 4. The van der Waals surface area contributed by atoms with Gasteiger partial charge in [0.05, 0.1) is 11.0 Å². The second kappa shape index (κ2) is 9.11. The van der Waals surface area contributed by atoms with E-state index in [1.807, 2.05) is 47.4 Å². The summed E-state index contributed by atoms with van der Waals surface area (Å²) in [6.07, 6.45) is 2.31. The summed E-state index contributed by atoms with van der Waals surface area (Å²) in [5.41, 5.74) is -0.214. The van der Waals surface area contributed by atoms with Gasteiger partial charge >= 0.3 is 6.03 Å². The van der Waals surface area contributed by atoms with Crippen molar-refractivity contribution in [1.82, 2.24) is 15.1 Å². The molecule has 1 aromatic heterocycles. The third-order valence-corrected chi connectivity index (χ3v) is 6.11. The quantitative estimate of drug-likeness (QED) is 0.456. The molecule has 0 spiro atoms. The predicted octanol–water partition coefficient (Wildman–Crippen LogP) is 4.84. The summed E-state index contributed by atoms with van der Waals surface area (Å²) < 4.78 is 0.716. The number of rotatable bonds is 9. The summed E-state index contributed by atoms with van der Waals surface area (Å²) in [5, 5.41) is 3.00. The van der Waals surface area contributed by atoms with Crippen LogP contribution in [0.1, 0.15) is 30.7 Å². The Morgan fingerprint density at radius 1 is 1.24 bits per heavy atom. The molecule has 1 fully saturated rings. The number of thiophene rings is 1. The fraction of sp³-hybridized carbons (Fsp3) is 0.364. The summed E-state index contributed by atoms with van der Waals surface area (Å²) in [6, 6.07) is 12.9. The average molecular weight is 432 g/mol. The second-order valence-corrected chi connectivity index (χ2v) is 9.48. The number of nitrogens with one attached hydrogen (secondary N) is 1. The minimum atomic E-state index is -1.03. The van der Waals surface area contributed by atoms with E-state index in [9.17, 15) is 9.59 Å². The van der Waals surface area contributed by atoms with E-state index in [4.69, 9.17) is 11.6 Å². The third kappa shape index (κ3) is 4.71. The number of carbonyl (C=O) groups is 2. The molecule has 1 N–H and O–H groups in total. The van der Waals surface area contributed by atoms with Crippen molar-refractivity contribution >= 4 is 34.9 Å². The maximum atomic E-state index is 13.5. The van der Waals surface area contributed by atoms with Crippen LogP contribution in [-0.4, -0.2) is 35.0 Å². The van der Waals surface area contributed by atoms with Crippen LogP contribution >= 0.6 is 22.9 Å². The lowest BCUT2D eigenvalue weighted by Gasteiger charge is -2.30. The summed E-state index contributed by atoms with van der Waals surface area (Å²) in [4.78, 5) is 30.8. The molecule has 1 saturated heterocycles. The molecule has 1 aromatic carbocycles. The van der Waals surface area contributed by atoms with Gasteiger partial charge in [-0.15, -0.1) is 17.9 Å². The van der Waals surface area contributed by atoms with Crippen molar-refractivity contribution in [3.63, 3.8) is 0 Å². The average Bonchev–Trinajstić information content (AvgIpc) is 3.18. The zero-order chi connectivity index (χ0) is 21.0. The Morgan fingerprint density at radius 2 is 1.97 bits per heavy atom. The van der Waals surface area contributed by atoms with Gasteiger partial charge in [0.1, 0.15) is 5.54 Å². The molecule has 3 rings (SSSR count). The van der Waals surface area contributed by atoms with Crippen LogP contribution in [0.2, 0.25) is 4.34 Å². The second-order valence-electron chi connectivity index (χ2n) is 7.68. The Hall–Kier alpha value is -2.15. The summed E-state index contributed by atoms with van der Waals surface area (Å²) in [5.74, 6) is 0.0256. The molecule has 1 unspecified atom stereocenters. The van der Waals surface area contributed by atoms with E-state index in [-0.39, 0.29) is 24.5 Å². The van der Waals surface area contributed by atoms with Crippen LogP contribution in [0.15, 0.2) is 55.1 Å². The minimum absolute atomic E-state index is 0.193. The first kappa shape index (κ1) is 21.6. The smallest absolute Gasteiger partial charge is 0.319 e. The Kier molecular flexibility index (Phi) is 6.77. The number of hydrogen-bond donors (Lipinski definition) is 1. The number of urea groups is 1. The zero-order valence-electron chi connectivity index (χ0n) is 16.7. The standard InChI is InChI=1S/C22H26ClN3O2S/c1-4-12-25(14-18-10-11-19(23)29-18)15-26-20(27)22(13-16(2)3,24-21(26)28)17-8-6-5-7-9-17/h4-11,16H,1,12-15H2,2-3H3,(H,24,28). The minimum Gasteiger partial charge on any atom is -0.319 e. The Labute approximate surface area is 181 Å². The molecule has 0 aliphatic carbocycles. The van der Waals surface area contributed by atoms with Crippen molar-refractivity contribution in [3.8, 4) is 0 Å². The zero-order valence-corrected chi connectivity index (χ0v) is 18.3. The van der Waals surface area contributed by atoms with Gasteiger partial charge in [0.15, 0.2) is 0 Å². The topological polar surface area (TPSA) is 52.6 Å². The van der Waals surface area contributed by atoms with Crippen LogP contribution in [0.3, 0.4) is 0 Å². The van der Waals surface area contributed by atoms with Gasteiger partial charge in [-0.3, -0.25) is 9.69 Å². The van der Waals surface area contributed by atoms with Crippen molar-refractivity contribution < 1.29 is 9.59 Å². The Morgan fingerprint density at radius 3 is 2.55 bits per heavy atom. The molecule has 29 heavy (non-hydrogen) atoms. The van der Waals surface area contributed by atoms with E-state index in [2.05, 4.69) is 25.7 Å².